The first kappa shape index (κ1) is 12.8. The largest absolute Gasteiger partial charge is 0.398 e. The molecule has 100 valence electrons. The van der Waals surface area contributed by atoms with Gasteiger partial charge < -0.3 is 11.1 Å². The van der Waals surface area contributed by atoms with Crippen LogP contribution < -0.4 is 11.1 Å². The summed E-state index contributed by atoms with van der Waals surface area (Å²) in [6.45, 7) is 0.675. The number of para-hydroxylation sites is 1. The lowest BCUT2D eigenvalue weighted by atomic mass is 10.1. The Bertz CT molecular complexity index is 756. The molecule has 0 fully saturated rings. The minimum atomic E-state index is 0.675. The monoisotopic (exact) mass is 283 g/mol. The summed E-state index contributed by atoms with van der Waals surface area (Å²) in [5.74, 6) is 0. The molecule has 0 aliphatic heterocycles. The van der Waals surface area contributed by atoms with Crippen molar-refractivity contribution < 1.29 is 0 Å². The molecule has 4 heteroatoms. The van der Waals surface area contributed by atoms with Crippen molar-refractivity contribution in [3.63, 3.8) is 0 Å². The number of nitrogens with one attached hydrogen (secondary N) is 1. The molecular formula is C16H14ClN3. The lowest BCUT2D eigenvalue weighted by Crippen LogP contribution is -2.03. The third kappa shape index (κ3) is 2.53. The highest BCUT2D eigenvalue weighted by Crippen LogP contribution is 2.25. The first-order chi connectivity index (χ1) is 9.74. The molecule has 0 amide bonds. The van der Waals surface area contributed by atoms with Crippen LogP contribution in [0.2, 0.25) is 5.02 Å². The second kappa shape index (κ2) is 5.39. The fourth-order valence-corrected chi connectivity index (χ4v) is 2.33. The topological polar surface area (TPSA) is 50.9 Å². The van der Waals surface area contributed by atoms with Gasteiger partial charge in [0, 0.05) is 34.5 Å². The number of fused-ring (bicyclic) bond motifs is 1. The number of nitrogens with zero attached hydrogens (tertiary/aromatic N) is 1. The van der Waals surface area contributed by atoms with E-state index in [4.69, 9.17) is 17.3 Å². The van der Waals surface area contributed by atoms with Crippen LogP contribution in [0.1, 0.15) is 5.56 Å². The number of pyridine rings is 1. The van der Waals surface area contributed by atoms with Gasteiger partial charge in [-0.05, 0) is 35.9 Å². The minimum Gasteiger partial charge on any atom is -0.398 e. The van der Waals surface area contributed by atoms with Crippen molar-refractivity contribution >= 4 is 33.9 Å². The average molecular weight is 284 g/mol. The van der Waals surface area contributed by atoms with Crippen LogP contribution in [-0.4, -0.2) is 4.98 Å². The van der Waals surface area contributed by atoms with E-state index in [9.17, 15) is 0 Å². The molecule has 0 aliphatic rings. The van der Waals surface area contributed by atoms with Gasteiger partial charge in [-0.2, -0.15) is 0 Å². The first-order valence-corrected chi connectivity index (χ1v) is 6.73. The molecule has 20 heavy (non-hydrogen) atoms. The van der Waals surface area contributed by atoms with Gasteiger partial charge >= 0.3 is 0 Å². The van der Waals surface area contributed by atoms with Gasteiger partial charge in [-0.15, -0.1) is 0 Å². The molecule has 0 unspecified atom stereocenters. The molecule has 3 N–H and O–H groups in total. The second-order valence-electron chi connectivity index (χ2n) is 4.57. The summed E-state index contributed by atoms with van der Waals surface area (Å²) in [7, 11) is 0. The lowest BCUT2D eigenvalue weighted by Gasteiger charge is -2.11. The molecule has 3 rings (SSSR count). The Hall–Kier alpha value is -2.26. The standard InChI is InChI=1S/C16H14ClN3/c17-12-5-6-13-15(7-8-19-16(13)9-12)20-10-11-3-1-2-4-14(11)18/h1-9H,10,18H2,(H,19,20). The summed E-state index contributed by atoms with van der Waals surface area (Å²) in [6.07, 6.45) is 1.77. The molecule has 0 spiro atoms. The van der Waals surface area contributed by atoms with Crippen LogP contribution in [-0.2, 0) is 6.54 Å². The van der Waals surface area contributed by atoms with E-state index in [0.717, 1.165) is 27.8 Å². The van der Waals surface area contributed by atoms with Gasteiger partial charge in [0.1, 0.15) is 0 Å². The molecule has 3 nitrogen and oxygen atoms in total. The van der Waals surface area contributed by atoms with Gasteiger partial charge in [-0.1, -0.05) is 29.8 Å². The molecule has 0 radical (unpaired) electrons. The van der Waals surface area contributed by atoms with Crippen molar-refractivity contribution in [2.24, 2.45) is 0 Å². The van der Waals surface area contributed by atoms with E-state index in [1.807, 2.05) is 48.5 Å². The summed E-state index contributed by atoms with van der Waals surface area (Å²) >= 11 is 5.99. The fraction of sp³-hybridized carbons (Fsp3) is 0.0625. The predicted octanol–water partition coefficient (Wildman–Crippen LogP) is 4.08. The number of aromatic nitrogens is 1. The third-order valence-electron chi connectivity index (χ3n) is 3.23. The maximum atomic E-state index is 5.99. The van der Waals surface area contributed by atoms with Crippen LogP contribution >= 0.6 is 11.6 Å². The van der Waals surface area contributed by atoms with E-state index in [0.29, 0.717) is 11.6 Å². The highest BCUT2D eigenvalue weighted by molar-refractivity contribution is 6.31. The van der Waals surface area contributed by atoms with Crippen molar-refractivity contribution in [1.82, 2.24) is 4.98 Å². The minimum absolute atomic E-state index is 0.675. The number of halogens is 1. The Kier molecular flexibility index (Phi) is 3.44. The molecule has 1 heterocycles. The Morgan fingerprint density at radius 1 is 1.10 bits per heavy atom. The van der Waals surface area contributed by atoms with Crippen molar-refractivity contribution in [3.05, 3.63) is 65.3 Å². The van der Waals surface area contributed by atoms with E-state index in [1.165, 1.54) is 0 Å². The van der Waals surface area contributed by atoms with Crippen LogP contribution in [0.4, 0.5) is 11.4 Å². The molecule has 0 bridgehead atoms. The van der Waals surface area contributed by atoms with Crippen LogP contribution in [0.15, 0.2) is 54.7 Å². The summed E-state index contributed by atoms with van der Waals surface area (Å²) in [5, 5.41) is 5.14. The Labute approximate surface area is 122 Å². The van der Waals surface area contributed by atoms with E-state index < -0.39 is 0 Å². The average Bonchev–Trinajstić information content (AvgIpc) is 2.46. The Morgan fingerprint density at radius 3 is 2.80 bits per heavy atom. The molecule has 2 aromatic carbocycles. The molecule has 0 saturated heterocycles. The van der Waals surface area contributed by atoms with Gasteiger partial charge in [0.15, 0.2) is 0 Å². The van der Waals surface area contributed by atoms with Crippen molar-refractivity contribution in [1.29, 1.82) is 0 Å². The zero-order valence-electron chi connectivity index (χ0n) is 10.8. The lowest BCUT2D eigenvalue weighted by molar-refractivity contribution is 1.16. The molecule has 0 saturated carbocycles. The highest BCUT2D eigenvalue weighted by atomic mass is 35.5. The maximum absolute atomic E-state index is 5.99. The number of nitrogen functional groups attached to an aromatic ring is 1. The summed E-state index contributed by atoms with van der Waals surface area (Å²) < 4.78 is 0. The van der Waals surface area contributed by atoms with Gasteiger partial charge in [-0.25, -0.2) is 0 Å². The quantitative estimate of drug-likeness (QED) is 0.712. The van der Waals surface area contributed by atoms with E-state index in [-0.39, 0.29) is 0 Å². The third-order valence-corrected chi connectivity index (χ3v) is 3.46. The summed E-state index contributed by atoms with van der Waals surface area (Å²) in [6, 6.07) is 15.5. The smallest absolute Gasteiger partial charge is 0.0737 e. The summed E-state index contributed by atoms with van der Waals surface area (Å²) in [4.78, 5) is 4.33. The van der Waals surface area contributed by atoms with Crippen LogP contribution in [0.3, 0.4) is 0 Å². The van der Waals surface area contributed by atoms with Crippen molar-refractivity contribution in [2.45, 2.75) is 6.54 Å². The SMILES string of the molecule is Nc1ccccc1CNc1ccnc2cc(Cl)ccc12. The highest BCUT2D eigenvalue weighted by Gasteiger charge is 2.03. The van der Waals surface area contributed by atoms with Crippen molar-refractivity contribution in [3.8, 4) is 0 Å². The normalized spacial score (nSPS) is 10.7. The molecular weight excluding hydrogens is 270 g/mol. The second-order valence-corrected chi connectivity index (χ2v) is 5.01. The number of rotatable bonds is 3. The first-order valence-electron chi connectivity index (χ1n) is 6.35. The fourth-order valence-electron chi connectivity index (χ4n) is 2.16. The van der Waals surface area contributed by atoms with Gasteiger partial charge in [0.05, 0.1) is 5.52 Å². The van der Waals surface area contributed by atoms with E-state index in [2.05, 4.69) is 10.3 Å². The molecule has 0 aliphatic carbocycles. The number of nitrogens with two attached hydrogens (primary N) is 1. The zero-order chi connectivity index (χ0) is 13.9. The van der Waals surface area contributed by atoms with E-state index >= 15 is 0 Å². The van der Waals surface area contributed by atoms with Crippen LogP contribution in [0.5, 0.6) is 0 Å². The molecule has 3 aromatic rings. The van der Waals surface area contributed by atoms with Crippen LogP contribution in [0, 0.1) is 0 Å². The molecule has 1 aromatic heterocycles. The van der Waals surface area contributed by atoms with Gasteiger partial charge in [0.25, 0.3) is 0 Å². The predicted molar refractivity (Wildman–Crippen MR) is 84.9 cm³/mol. The number of benzene rings is 2. The molecule has 0 atom stereocenters. The maximum Gasteiger partial charge on any atom is 0.0737 e. The van der Waals surface area contributed by atoms with Gasteiger partial charge in [-0.3, -0.25) is 4.98 Å². The Morgan fingerprint density at radius 2 is 1.95 bits per heavy atom. The van der Waals surface area contributed by atoms with E-state index in [1.54, 1.807) is 6.20 Å². The zero-order valence-corrected chi connectivity index (χ0v) is 11.6. The van der Waals surface area contributed by atoms with Crippen molar-refractivity contribution in [2.75, 3.05) is 11.1 Å². The number of hydrogen-bond acceptors (Lipinski definition) is 3. The number of hydrogen-bond donors (Lipinski definition) is 2. The summed E-state index contributed by atoms with van der Waals surface area (Å²) in [5.41, 5.74) is 9.72. The van der Waals surface area contributed by atoms with Crippen LogP contribution in [0.25, 0.3) is 10.9 Å². The Balaban J connectivity index is 1.90. The van der Waals surface area contributed by atoms with Gasteiger partial charge in [0.2, 0.25) is 0 Å². The number of anilines is 2.